The zero-order valence-electron chi connectivity index (χ0n) is 17.4. The van der Waals surface area contributed by atoms with Gasteiger partial charge in [0.25, 0.3) is 11.6 Å². The maximum Gasteiger partial charge on any atom is 0.269 e. The number of nitro groups is 1. The number of amides is 1. The number of methoxy groups -OCH3 is 1. The summed E-state index contributed by atoms with van der Waals surface area (Å²) >= 11 is 3.43. The Balaban J connectivity index is 1.81. The Labute approximate surface area is 198 Å². The molecule has 3 aromatic carbocycles. The summed E-state index contributed by atoms with van der Waals surface area (Å²) in [5.74, 6) is 0.208. The van der Waals surface area contributed by atoms with Crippen LogP contribution in [0, 0.1) is 21.4 Å². The maximum atomic E-state index is 12.5. The zero-order chi connectivity index (χ0) is 23.8. The number of ether oxygens (including phenoxy) is 2. The number of nitrogens with one attached hydrogen (secondary N) is 1. The number of anilines is 1. The quantitative estimate of drug-likeness (QED) is 0.186. The van der Waals surface area contributed by atoms with E-state index in [0.29, 0.717) is 32.8 Å². The number of para-hydroxylation sites is 1. The Morgan fingerprint density at radius 1 is 1.18 bits per heavy atom. The lowest BCUT2D eigenvalue weighted by Gasteiger charge is -2.14. The van der Waals surface area contributed by atoms with Crippen molar-refractivity contribution in [2.24, 2.45) is 0 Å². The number of non-ortho nitro benzene ring substituents is 1. The molecule has 166 valence electrons. The molecule has 0 aromatic heterocycles. The van der Waals surface area contributed by atoms with Gasteiger partial charge in [-0.3, -0.25) is 14.9 Å². The van der Waals surface area contributed by atoms with Gasteiger partial charge < -0.3 is 14.8 Å². The van der Waals surface area contributed by atoms with Gasteiger partial charge in [0, 0.05) is 17.8 Å². The lowest BCUT2D eigenvalue weighted by Crippen LogP contribution is -2.13. The lowest BCUT2D eigenvalue weighted by atomic mass is 10.1. The van der Waals surface area contributed by atoms with Gasteiger partial charge in [0.1, 0.15) is 18.2 Å². The van der Waals surface area contributed by atoms with Gasteiger partial charge in [0.2, 0.25) is 0 Å². The largest absolute Gasteiger partial charge is 0.493 e. The van der Waals surface area contributed by atoms with Crippen LogP contribution in [0.25, 0.3) is 6.08 Å². The van der Waals surface area contributed by atoms with Crippen molar-refractivity contribution in [1.82, 2.24) is 0 Å². The Hall–Kier alpha value is -4.16. The molecule has 0 radical (unpaired) electrons. The van der Waals surface area contributed by atoms with Crippen LogP contribution in [0.15, 0.2) is 76.8 Å². The summed E-state index contributed by atoms with van der Waals surface area (Å²) in [6.07, 6.45) is 1.44. The molecule has 0 aliphatic rings. The van der Waals surface area contributed by atoms with Gasteiger partial charge in [0.05, 0.1) is 16.5 Å². The first-order valence-electron chi connectivity index (χ1n) is 9.63. The third-order valence-electron chi connectivity index (χ3n) is 4.46. The van der Waals surface area contributed by atoms with Crippen molar-refractivity contribution >= 4 is 39.3 Å². The van der Waals surface area contributed by atoms with E-state index in [1.54, 1.807) is 48.5 Å². The molecule has 0 saturated carbocycles. The number of hydrogen-bond acceptors (Lipinski definition) is 6. The van der Waals surface area contributed by atoms with Crippen molar-refractivity contribution in [2.75, 3.05) is 12.4 Å². The number of carbonyl (C=O) groups excluding carboxylic acids is 1. The van der Waals surface area contributed by atoms with E-state index in [1.807, 2.05) is 12.1 Å². The maximum absolute atomic E-state index is 12.5. The van der Waals surface area contributed by atoms with E-state index < -0.39 is 10.8 Å². The molecular weight excluding hydrogens is 490 g/mol. The second-order valence-corrected chi connectivity index (χ2v) is 7.59. The molecule has 9 heteroatoms. The summed E-state index contributed by atoms with van der Waals surface area (Å²) in [5.41, 5.74) is 1.62. The molecular formula is C24H18BrN3O5. The third-order valence-corrected chi connectivity index (χ3v) is 5.05. The third kappa shape index (κ3) is 6.18. The minimum absolute atomic E-state index is 0.0274. The van der Waals surface area contributed by atoms with Crippen LogP contribution in [-0.4, -0.2) is 17.9 Å². The van der Waals surface area contributed by atoms with E-state index >= 15 is 0 Å². The van der Waals surface area contributed by atoms with Crippen LogP contribution in [0.5, 0.6) is 11.5 Å². The van der Waals surface area contributed by atoms with Crippen LogP contribution in [0.1, 0.15) is 11.1 Å². The summed E-state index contributed by atoms with van der Waals surface area (Å²) in [6.45, 7) is 0.0781. The van der Waals surface area contributed by atoms with E-state index in [0.717, 1.165) is 0 Å². The molecule has 0 aliphatic carbocycles. The van der Waals surface area contributed by atoms with Gasteiger partial charge in [-0.25, -0.2) is 0 Å². The van der Waals surface area contributed by atoms with Crippen molar-refractivity contribution in [3.05, 3.63) is 98.0 Å². The average Bonchev–Trinajstić information content (AvgIpc) is 2.82. The highest BCUT2D eigenvalue weighted by Crippen LogP contribution is 2.38. The predicted molar refractivity (Wildman–Crippen MR) is 127 cm³/mol. The molecule has 0 aliphatic heterocycles. The topological polar surface area (TPSA) is 114 Å². The lowest BCUT2D eigenvalue weighted by molar-refractivity contribution is -0.384. The molecule has 0 fully saturated rings. The average molecular weight is 508 g/mol. The van der Waals surface area contributed by atoms with Crippen molar-refractivity contribution in [3.63, 3.8) is 0 Å². The highest BCUT2D eigenvalue weighted by atomic mass is 79.9. The number of halogens is 1. The van der Waals surface area contributed by atoms with Crippen LogP contribution in [0.2, 0.25) is 0 Å². The first-order chi connectivity index (χ1) is 15.9. The number of nitriles is 1. The number of nitro benzene ring substituents is 1. The summed E-state index contributed by atoms with van der Waals surface area (Å²) in [6, 6.07) is 20.2. The van der Waals surface area contributed by atoms with Crippen molar-refractivity contribution < 1.29 is 19.2 Å². The second-order valence-electron chi connectivity index (χ2n) is 6.74. The standard InChI is InChI=1S/C24H18BrN3O5/c1-32-22-13-17(10-18(14-26)24(29)27-19-7-3-2-4-8-19)12-21(25)23(22)33-15-16-6-5-9-20(11-16)28(30)31/h2-13H,15H2,1H3,(H,27,29)/b18-10-. The van der Waals surface area contributed by atoms with E-state index in [4.69, 9.17) is 9.47 Å². The zero-order valence-corrected chi connectivity index (χ0v) is 19.0. The molecule has 0 atom stereocenters. The molecule has 1 N–H and O–H groups in total. The SMILES string of the molecule is COc1cc(/C=C(/C#N)C(=O)Nc2ccccc2)cc(Br)c1OCc1cccc([N+](=O)[O-])c1. The van der Waals surface area contributed by atoms with Crippen LogP contribution in [-0.2, 0) is 11.4 Å². The monoisotopic (exact) mass is 507 g/mol. The molecule has 3 rings (SSSR count). The van der Waals surface area contributed by atoms with Gasteiger partial charge in [-0.2, -0.15) is 5.26 Å². The Morgan fingerprint density at radius 2 is 1.94 bits per heavy atom. The summed E-state index contributed by atoms with van der Waals surface area (Å²) in [5, 5.41) is 23.1. The number of carbonyl (C=O) groups is 1. The fraction of sp³-hybridized carbons (Fsp3) is 0.0833. The highest BCUT2D eigenvalue weighted by molar-refractivity contribution is 9.10. The van der Waals surface area contributed by atoms with Crippen LogP contribution in [0.4, 0.5) is 11.4 Å². The van der Waals surface area contributed by atoms with Crippen LogP contribution in [0.3, 0.4) is 0 Å². The van der Waals surface area contributed by atoms with Crippen molar-refractivity contribution in [3.8, 4) is 17.6 Å². The van der Waals surface area contributed by atoms with Gasteiger partial charge >= 0.3 is 0 Å². The smallest absolute Gasteiger partial charge is 0.269 e. The summed E-state index contributed by atoms with van der Waals surface area (Å²) < 4.78 is 11.8. The van der Waals surface area contributed by atoms with Crippen LogP contribution < -0.4 is 14.8 Å². The molecule has 0 heterocycles. The minimum atomic E-state index is -0.537. The van der Waals surface area contributed by atoms with Gasteiger partial charge in [-0.1, -0.05) is 30.3 Å². The molecule has 8 nitrogen and oxygen atoms in total. The van der Waals surface area contributed by atoms with E-state index in [-0.39, 0.29) is 17.9 Å². The Bertz CT molecular complexity index is 1250. The first kappa shape index (κ1) is 23.5. The summed E-state index contributed by atoms with van der Waals surface area (Å²) in [7, 11) is 1.46. The van der Waals surface area contributed by atoms with Gasteiger partial charge in [-0.05, 0) is 57.4 Å². The predicted octanol–water partition coefficient (Wildman–Crippen LogP) is 5.49. The van der Waals surface area contributed by atoms with E-state index in [2.05, 4.69) is 21.2 Å². The molecule has 33 heavy (non-hydrogen) atoms. The molecule has 0 unspecified atom stereocenters. The van der Waals surface area contributed by atoms with Crippen molar-refractivity contribution in [2.45, 2.75) is 6.61 Å². The van der Waals surface area contributed by atoms with E-state index in [9.17, 15) is 20.2 Å². The van der Waals surface area contributed by atoms with Gasteiger partial charge in [0.15, 0.2) is 11.5 Å². The normalized spacial score (nSPS) is 10.8. The molecule has 0 saturated heterocycles. The van der Waals surface area contributed by atoms with Crippen molar-refractivity contribution in [1.29, 1.82) is 5.26 Å². The molecule has 0 spiro atoms. The van der Waals surface area contributed by atoms with Gasteiger partial charge in [-0.15, -0.1) is 0 Å². The first-order valence-corrected chi connectivity index (χ1v) is 10.4. The fourth-order valence-electron chi connectivity index (χ4n) is 2.91. The molecule has 3 aromatic rings. The molecule has 1 amide bonds. The number of hydrogen-bond donors (Lipinski definition) is 1. The number of nitrogens with zero attached hydrogens (tertiary/aromatic N) is 2. The highest BCUT2D eigenvalue weighted by Gasteiger charge is 2.15. The van der Waals surface area contributed by atoms with E-state index in [1.165, 1.54) is 25.3 Å². The second kappa shape index (κ2) is 10.9. The molecule has 0 bridgehead atoms. The minimum Gasteiger partial charge on any atom is -0.493 e. The number of rotatable bonds is 8. The van der Waals surface area contributed by atoms with Crippen LogP contribution >= 0.6 is 15.9 Å². The Morgan fingerprint density at radius 3 is 2.61 bits per heavy atom. The fourth-order valence-corrected chi connectivity index (χ4v) is 3.49. The number of benzene rings is 3. The Kier molecular flexibility index (Phi) is 7.78. The summed E-state index contributed by atoms with van der Waals surface area (Å²) in [4.78, 5) is 23.0.